The van der Waals surface area contributed by atoms with Crippen LogP contribution in [0.25, 0.3) is 0 Å². The lowest BCUT2D eigenvalue weighted by atomic mass is 10.2. The summed E-state index contributed by atoms with van der Waals surface area (Å²) in [5, 5.41) is 3.34. The number of hydrogen-bond donors (Lipinski definition) is 1. The van der Waals surface area contributed by atoms with Gasteiger partial charge in [0.25, 0.3) is 0 Å². The number of aromatic nitrogens is 2. The molecule has 1 atom stereocenters. The fourth-order valence-corrected chi connectivity index (χ4v) is 1.58. The van der Waals surface area contributed by atoms with E-state index in [1.807, 2.05) is 6.07 Å². The van der Waals surface area contributed by atoms with Gasteiger partial charge in [-0.1, -0.05) is 0 Å². The molecule has 5 heteroatoms. The number of rotatable bonds is 1. The molecule has 4 nitrogen and oxygen atoms in total. The molecule has 1 saturated heterocycles. The third kappa shape index (κ3) is 2.33. The van der Waals surface area contributed by atoms with Crippen molar-refractivity contribution in [1.29, 1.82) is 0 Å². The first kappa shape index (κ1) is 11.2. The summed E-state index contributed by atoms with van der Waals surface area (Å²) in [5.41, 5.74) is 0. The number of anilines is 1. The molecule has 0 saturated carbocycles. The van der Waals surface area contributed by atoms with Crippen molar-refractivity contribution in [1.82, 2.24) is 15.3 Å². The van der Waals surface area contributed by atoms with Crippen LogP contribution in [0, 0.1) is 0 Å². The van der Waals surface area contributed by atoms with Crippen molar-refractivity contribution in [2.24, 2.45) is 0 Å². The fourth-order valence-electron chi connectivity index (χ4n) is 1.58. The summed E-state index contributed by atoms with van der Waals surface area (Å²) in [4.78, 5) is 10.7. The second kappa shape index (κ2) is 5.12. The molecule has 1 aromatic heterocycles. The van der Waals surface area contributed by atoms with Gasteiger partial charge in [0.1, 0.15) is 0 Å². The zero-order valence-electron chi connectivity index (χ0n) is 8.18. The fraction of sp³-hybridized carbons (Fsp3) is 0.556. The van der Waals surface area contributed by atoms with Gasteiger partial charge in [-0.15, -0.1) is 12.4 Å². The van der Waals surface area contributed by atoms with Crippen LogP contribution in [0.2, 0.25) is 0 Å². The number of hydrogen-bond acceptors (Lipinski definition) is 4. The summed E-state index contributed by atoms with van der Waals surface area (Å²) in [7, 11) is 0. The molecule has 0 radical (unpaired) electrons. The average Bonchev–Trinajstić information content (AvgIpc) is 2.20. The van der Waals surface area contributed by atoms with E-state index in [0.29, 0.717) is 6.04 Å². The quantitative estimate of drug-likeness (QED) is 0.747. The summed E-state index contributed by atoms with van der Waals surface area (Å²) >= 11 is 0. The van der Waals surface area contributed by atoms with Gasteiger partial charge in [0, 0.05) is 38.1 Å². The van der Waals surface area contributed by atoms with Gasteiger partial charge in [-0.05, 0) is 13.0 Å². The third-order valence-electron chi connectivity index (χ3n) is 2.31. The number of nitrogens with one attached hydrogen (secondary N) is 1. The monoisotopic (exact) mass is 214 g/mol. The van der Waals surface area contributed by atoms with E-state index in [1.165, 1.54) is 0 Å². The maximum absolute atomic E-state index is 4.24. The first-order chi connectivity index (χ1) is 6.38. The standard InChI is InChI=1S/C9H14N4.ClH/c1-8-7-10-5-6-13(8)9-11-3-2-4-12-9;/h2-4,8,10H,5-7H2,1H3;1H/t8-;/m0./s1. The average molecular weight is 215 g/mol. The van der Waals surface area contributed by atoms with Crippen LogP contribution in [0.3, 0.4) is 0 Å². The molecule has 0 unspecified atom stereocenters. The second-order valence-electron chi connectivity index (χ2n) is 3.30. The highest BCUT2D eigenvalue weighted by molar-refractivity contribution is 5.85. The minimum Gasteiger partial charge on any atom is -0.336 e. The third-order valence-corrected chi connectivity index (χ3v) is 2.31. The maximum Gasteiger partial charge on any atom is 0.225 e. The van der Waals surface area contributed by atoms with Gasteiger partial charge >= 0.3 is 0 Å². The van der Waals surface area contributed by atoms with Crippen molar-refractivity contribution in [3.8, 4) is 0 Å². The normalized spacial score (nSPS) is 21.5. The lowest BCUT2D eigenvalue weighted by molar-refractivity contribution is 0.493. The van der Waals surface area contributed by atoms with Crippen molar-refractivity contribution in [3.05, 3.63) is 18.5 Å². The first-order valence-corrected chi connectivity index (χ1v) is 4.62. The molecule has 0 bridgehead atoms. The Hall–Kier alpha value is -0.870. The van der Waals surface area contributed by atoms with Crippen LogP contribution >= 0.6 is 12.4 Å². The Morgan fingerprint density at radius 2 is 2.14 bits per heavy atom. The van der Waals surface area contributed by atoms with E-state index >= 15 is 0 Å². The molecule has 78 valence electrons. The van der Waals surface area contributed by atoms with E-state index in [0.717, 1.165) is 25.6 Å². The lowest BCUT2D eigenvalue weighted by Crippen LogP contribution is -2.50. The molecule has 2 rings (SSSR count). The summed E-state index contributed by atoms with van der Waals surface area (Å²) in [6.07, 6.45) is 3.58. The molecule has 1 aliphatic rings. The van der Waals surface area contributed by atoms with Crippen LogP contribution in [0.5, 0.6) is 0 Å². The van der Waals surface area contributed by atoms with Crippen LogP contribution in [0.1, 0.15) is 6.92 Å². The van der Waals surface area contributed by atoms with E-state index in [2.05, 4.69) is 27.1 Å². The highest BCUT2D eigenvalue weighted by Gasteiger charge is 2.19. The van der Waals surface area contributed by atoms with E-state index in [1.54, 1.807) is 12.4 Å². The predicted molar refractivity (Wildman–Crippen MR) is 59.0 cm³/mol. The Balaban J connectivity index is 0.000000980. The van der Waals surface area contributed by atoms with Gasteiger partial charge in [0.15, 0.2) is 0 Å². The number of piperazine rings is 1. The van der Waals surface area contributed by atoms with Crippen LogP contribution in [-0.2, 0) is 0 Å². The lowest BCUT2D eigenvalue weighted by Gasteiger charge is -2.33. The van der Waals surface area contributed by atoms with Gasteiger partial charge in [0.2, 0.25) is 5.95 Å². The summed E-state index contributed by atoms with van der Waals surface area (Å²) in [6, 6.07) is 2.33. The van der Waals surface area contributed by atoms with E-state index < -0.39 is 0 Å². The molecule has 0 aromatic carbocycles. The van der Waals surface area contributed by atoms with E-state index in [-0.39, 0.29) is 12.4 Å². The summed E-state index contributed by atoms with van der Waals surface area (Å²) in [6.45, 7) is 5.20. The van der Waals surface area contributed by atoms with Gasteiger partial charge < -0.3 is 10.2 Å². The van der Waals surface area contributed by atoms with Gasteiger partial charge in [0.05, 0.1) is 0 Å². The predicted octanol–water partition coefficient (Wildman–Crippen LogP) is 0.696. The molecule has 0 aliphatic carbocycles. The van der Waals surface area contributed by atoms with Crippen LogP contribution in [0.4, 0.5) is 5.95 Å². The Kier molecular flexibility index (Phi) is 4.10. The maximum atomic E-state index is 4.24. The minimum atomic E-state index is 0. The zero-order valence-corrected chi connectivity index (χ0v) is 9.00. The Morgan fingerprint density at radius 3 is 2.79 bits per heavy atom. The van der Waals surface area contributed by atoms with Gasteiger partial charge in [-0.25, -0.2) is 9.97 Å². The van der Waals surface area contributed by atoms with Crippen molar-refractivity contribution in [2.75, 3.05) is 24.5 Å². The highest BCUT2D eigenvalue weighted by atomic mass is 35.5. The molecular weight excluding hydrogens is 200 g/mol. The molecule has 14 heavy (non-hydrogen) atoms. The van der Waals surface area contributed by atoms with Crippen molar-refractivity contribution < 1.29 is 0 Å². The minimum absolute atomic E-state index is 0. The molecule has 1 fully saturated rings. The topological polar surface area (TPSA) is 41.0 Å². The molecule has 0 amide bonds. The smallest absolute Gasteiger partial charge is 0.225 e. The molecule has 0 spiro atoms. The van der Waals surface area contributed by atoms with Gasteiger partial charge in [-0.3, -0.25) is 0 Å². The Labute approximate surface area is 90.2 Å². The molecule has 1 N–H and O–H groups in total. The SMILES string of the molecule is C[C@H]1CNCCN1c1ncccn1.Cl. The summed E-state index contributed by atoms with van der Waals surface area (Å²) in [5.74, 6) is 0.844. The Bertz CT molecular complexity index is 267. The Morgan fingerprint density at radius 1 is 1.43 bits per heavy atom. The number of nitrogens with zero attached hydrogens (tertiary/aromatic N) is 3. The molecular formula is C9H15ClN4. The summed E-state index contributed by atoms with van der Waals surface area (Å²) < 4.78 is 0. The molecule has 2 heterocycles. The van der Waals surface area contributed by atoms with Crippen molar-refractivity contribution in [3.63, 3.8) is 0 Å². The van der Waals surface area contributed by atoms with Crippen LogP contribution in [-0.4, -0.2) is 35.6 Å². The molecule has 1 aliphatic heterocycles. The van der Waals surface area contributed by atoms with Crippen molar-refractivity contribution >= 4 is 18.4 Å². The first-order valence-electron chi connectivity index (χ1n) is 4.62. The second-order valence-corrected chi connectivity index (χ2v) is 3.30. The zero-order chi connectivity index (χ0) is 9.10. The largest absolute Gasteiger partial charge is 0.336 e. The number of halogens is 1. The molecule has 1 aromatic rings. The van der Waals surface area contributed by atoms with E-state index in [9.17, 15) is 0 Å². The van der Waals surface area contributed by atoms with Gasteiger partial charge in [-0.2, -0.15) is 0 Å². The highest BCUT2D eigenvalue weighted by Crippen LogP contribution is 2.10. The van der Waals surface area contributed by atoms with Crippen LogP contribution in [0.15, 0.2) is 18.5 Å². The van der Waals surface area contributed by atoms with Crippen LogP contribution < -0.4 is 10.2 Å². The van der Waals surface area contributed by atoms with E-state index in [4.69, 9.17) is 0 Å². The van der Waals surface area contributed by atoms with Crippen molar-refractivity contribution in [2.45, 2.75) is 13.0 Å².